The second kappa shape index (κ2) is 5.95. The molecule has 0 aliphatic rings. The van der Waals surface area contributed by atoms with Crippen LogP contribution in [0.5, 0.6) is 0 Å². The van der Waals surface area contributed by atoms with Crippen molar-refractivity contribution in [2.45, 2.75) is 20.4 Å². The Labute approximate surface area is 107 Å². The fraction of sp³-hybridized carbons (Fsp3) is 0.308. The van der Waals surface area contributed by atoms with Gasteiger partial charge in [-0.3, -0.25) is 4.98 Å². The lowest BCUT2D eigenvalue weighted by Gasteiger charge is -2.09. The number of nitrogens with one attached hydrogen (secondary N) is 2. The quantitative estimate of drug-likeness (QED) is 0.843. The van der Waals surface area contributed by atoms with Crippen LogP contribution in [0, 0.1) is 6.92 Å². The Morgan fingerprint density at radius 2 is 2.06 bits per heavy atom. The predicted octanol–water partition coefficient (Wildman–Crippen LogP) is 2.22. The number of hydrogen-bond acceptors (Lipinski definition) is 5. The number of anilines is 2. The molecule has 0 unspecified atom stereocenters. The van der Waals surface area contributed by atoms with Crippen LogP contribution in [0.15, 0.2) is 30.6 Å². The maximum absolute atomic E-state index is 4.42. The number of rotatable bonds is 5. The van der Waals surface area contributed by atoms with Gasteiger partial charge in [-0.2, -0.15) is 4.98 Å². The highest BCUT2D eigenvalue weighted by molar-refractivity contribution is 5.46. The summed E-state index contributed by atoms with van der Waals surface area (Å²) in [6.07, 6.45) is 3.60. The predicted molar refractivity (Wildman–Crippen MR) is 72.5 cm³/mol. The molecule has 0 saturated heterocycles. The smallest absolute Gasteiger partial charge is 0.224 e. The van der Waals surface area contributed by atoms with Crippen LogP contribution in [0.25, 0.3) is 0 Å². The fourth-order valence-corrected chi connectivity index (χ4v) is 1.54. The molecule has 5 nitrogen and oxygen atoms in total. The lowest BCUT2D eigenvalue weighted by atomic mass is 10.3. The molecule has 94 valence electrons. The van der Waals surface area contributed by atoms with Crippen molar-refractivity contribution in [3.63, 3.8) is 0 Å². The number of aromatic nitrogens is 3. The molecule has 18 heavy (non-hydrogen) atoms. The van der Waals surface area contributed by atoms with Crippen molar-refractivity contribution >= 4 is 11.8 Å². The molecular weight excluding hydrogens is 226 g/mol. The van der Waals surface area contributed by atoms with E-state index < -0.39 is 0 Å². The van der Waals surface area contributed by atoms with Crippen LogP contribution in [-0.4, -0.2) is 21.5 Å². The standard InChI is InChI=1S/C13H17N5/c1-3-14-13-17-8-10(2)12(18-13)16-9-11-6-4-5-7-15-11/h4-8H,3,9H2,1-2H3,(H2,14,16,17,18). The van der Waals surface area contributed by atoms with E-state index in [1.54, 1.807) is 6.20 Å². The summed E-state index contributed by atoms with van der Waals surface area (Å²) in [7, 11) is 0. The van der Waals surface area contributed by atoms with Gasteiger partial charge in [-0.15, -0.1) is 0 Å². The minimum absolute atomic E-state index is 0.645. The van der Waals surface area contributed by atoms with Gasteiger partial charge in [0.2, 0.25) is 5.95 Å². The first kappa shape index (κ1) is 12.3. The molecule has 5 heteroatoms. The molecule has 0 atom stereocenters. The van der Waals surface area contributed by atoms with Gasteiger partial charge in [0.1, 0.15) is 5.82 Å². The van der Waals surface area contributed by atoms with Crippen molar-refractivity contribution < 1.29 is 0 Å². The van der Waals surface area contributed by atoms with E-state index in [4.69, 9.17) is 0 Å². The van der Waals surface area contributed by atoms with E-state index >= 15 is 0 Å². The highest BCUT2D eigenvalue weighted by atomic mass is 15.1. The summed E-state index contributed by atoms with van der Waals surface area (Å²) < 4.78 is 0. The summed E-state index contributed by atoms with van der Waals surface area (Å²) in [6, 6.07) is 5.86. The van der Waals surface area contributed by atoms with E-state index in [2.05, 4.69) is 25.6 Å². The van der Waals surface area contributed by atoms with Crippen LogP contribution in [0.2, 0.25) is 0 Å². The van der Waals surface area contributed by atoms with Crippen LogP contribution in [0.4, 0.5) is 11.8 Å². The normalized spacial score (nSPS) is 10.1. The van der Waals surface area contributed by atoms with E-state index in [1.165, 1.54) is 0 Å². The van der Waals surface area contributed by atoms with Gasteiger partial charge in [0, 0.05) is 24.5 Å². The van der Waals surface area contributed by atoms with Gasteiger partial charge < -0.3 is 10.6 Å². The molecule has 2 rings (SSSR count). The van der Waals surface area contributed by atoms with Gasteiger partial charge in [-0.1, -0.05) is 6.07 Å². The molecule has 0 saturated carbocycles. The van der Waals surface area contributed by atoms with Crippen LogP contribution in [0.3, 0.4) is 0 Å². The first-order chi connectivity index (χ1) is 8.79. The molecule has 0 aliphatic heterocycles. The minimum Gasteiger partial charge on any atom is -0.364 e. The number of aryl methyl sites for hydroxylation is 1. The van der Waals surface area contributed by atoms with E-state index in [0.29, 0.717) is 12.5 Å². The highest BCUT2D eigenvalue weighted by Gasteiger charge is 2.03. The zero-order chi connectivity index (χ0) is 12.8. The maximum Gasteiger partial charge on any atom is 0.224 e. The summed E-state index contributed by atoms with van der Waals surface area (Å²) in [5.41, 5.74) is 2.01. The third-order valence-corrected chi connectivity index (χ3v) is 2.47. The van der Waals surface area contributed by atoms with Crippen molar-refractivity contribution in [3.8, 4) is 0 Å². The number of hydrogen-bond donors (Lipinski definition) is 2. The van der Waals surface area contributed by atoms with Crippen molar-refractivity contribution in [1.82, 2.24) is 15.0 Å². The largest absolute Gasteiger partial charge is 0.364 e. The van der Waals surface area contributed by atoms with Gasteiger partial charge in [0.25, 0.3) is 0 Å². The molecule has 0 radical (unpaired) electrons. The van der Waals surface area contributed by atoms with Crippen LogP contribution < -0.4 is 10.6 Å². The molecule has 0 aliphatic carbocycles. The minimum atomic E-state index is 0.645. The SMILES string of the molecule is CCNc1ncc(C)c(NCc2ccccn2)n1. The van der Waals surface area contributed by atoms with Crippen LogP contribution >= 0.6 is 0 Å². The van der Waals surface area contributed by atoms with Crippen LogP contribution in [-0.2, 0) is 6.54 Å². The van der Waals surface area contributed by atoms with Gasteiger partial charge in [-0.25, -0.2) is 4.98 Å². The van der Waals surface area contributed by atoms with Crippen LogP contribution in [0.1, 0.15) is 18.2 Å². The molecule has 0 amide bonds. The summed E-state index contributed by atoms with van der Waals surface area (Å²) >= 11 is 0. The number of pyridine rings is 1. The molecule has 0 spiro atoms. The Kier molecular flexibility index (Phi) is 4.06. The Morgan fingerprint density at radius 3 is 2.78 bits per heavy atom. The third-order valence-electron chi connectivity index (χ3n) is 2.47. The van der Waals surface area contributed by atoms with Crippen molar-refractivity contribution in [1.29, 1.82) is 0 Å². The molecule has 2 N–H and O–H groups in total. The Hall–Kier alpha value is -2.17. The first-order valence-corrected chi connectivity index (χ1v) is 6.01. The van der Waals surface area contributed by atoms with Gasteiger partial charge >= 0.3 is 0 Å². The molecule has 0 aromatic carbocycles. The monoisotopic (exact) mass is 243 g/mol. The highest BCUT2D eigenvalue weighted by Crippen LogP contribution is 2.13. The second-order valence-electron chi connectivity index (χ2n) is 3.93. The van der Waals surface area contributed by atoms with Crippen molar-refractivity contribution in [2.24, 2.45) is 0 Å². The second-order valence-corrected chi connectivity index (χ2v) is 3.93. The Morgan fingerprint density at radius 1 is 1.17 bits per heavy atom. The first-order valence-electron chi connectivity index (χ1n) is 6.01. The zero-order valence-electron chi connectivity index (χ0n) is 10.6. The van der Waals surface area contributed by atoms with E-state index in [-0.39, 0.29) is 0 Å². The van der Waals surface area contributed by atoms with Gasteiger partial charge in [-0.05, 0) is 26.0 Å². The molecular formula is C13H17N5. The average Bonchev–Trinajstić information content (AvgIpc) is 2.41. The van der Waals surface area contributed by atoms with Gasteiger partial charge in [0.05, 0.1) is 12.2 Å². The Balaban J connectivity index is 2.06. The zero-order valence-corrected chi connectivity index (χ0v) is 10.6. The fourth-order valence-electron chi connectivity index (χ4n) is 1.54. The Bertz CT molecular complexity index is 498. The molecule has 0 fully saturated rings. The molecule has 2 heterocycles. The van der Waals surface area contributed by atoms with E-state index in [0.717, 1.165) is 23.6 Å². The van der Waals surface area contributed by atoms with Crippen molar-refractivity contribution in [3.05, 3.63) is 41.9 Å². The average molecular weight is 243 g/mol. The summed E-state index contributed by atoms with van der Waals surface area (Å²) in [5, 5.41) is 6.37. The molecule has 2 aromatic rings. The number of nitrogens with zero attached hydrogens (tertiary/aromatic N) is 3. The topological polar surface area (TPSA) is 62.7 Å². The molecule has 0 bridgehead atoms. The van der Waals surface area contributed by atoms with E-state index in [9.17, 15) is 0 Å². The maximum atomic E-state index is 4.42. The summed E-state index contributed by atoms with van der Waals surface area (Å²) in [6.45, 7) is 5.47. The summed E-state index contributed by atoms with van der Waals surface area (Å²) in [5.74, 6) is 1.48. The van der Waals surface area contributed by atoms with Gasteiger partial charge in [0.15, 0.2) is 0 Å². The van der Waals surface area contributed by atoms with E-state index in [1.807, 2.05) is 38.2 Å². The third kappa shape index (κ3) is 3.16. The summed E-state index contributed by atoms with van der Waals surface area (Å²) in [4.78, 5) is 12.9. The lowest BCUT2D eigenvalue weighted by molar-refractivity contribution is 1.00. The lowest BCUT2D eigenvalue weighted by Crippen LogP contribution is -2.08. The van der Waals surface area contributed by atoms with Crippen molar-refractivity contribution in [2.75, 3.05) is 17.2 Å². The molecule has 2 aromatic heterocycles.